The van der Waals surface area contributed by atoms with Crippen LogP contribution in [0.15, 0.2) is 72.0 Å². The van der Waals surface area contributed by atoms with Gasteiger partial charge in [-0.05, 0) is 17.9 Å². The lowest BCUT2D eigenvalue weighted by atomic mass is 9.82. The minimum absolute atomic E-state index is 0.0209. The van der Waals surface area contributed by atoms with E-state index in [1.165, 1.54) is 16.3 Å². The summed E-state index contributed by atoms with van der Waals surface area (Å²) in [5, 5.41) is 4.87. The summed E-state index contributed by atoms with van der Waals surface area (Å²) in [5.41, 5.74) is 3.18. The molecule has 0 saturated heterocycles. The van der Waals surface area contributed by atoms with Crippen LogP contribution in [-0.2, 0) is 6.42 Å². The molecule has 2 heterocycles. The maximum Gasteiger partial charge on any atom is 0.253 e. The molecule has 148 valence electrons. The molecular formula is C23H18N4O2S. The number of carbonyl (C=O) groups is 2. The van der Waals surface area contributed by atoms with Crippen LogP contribution in [0.3, 0.4) is 0 Å². The lowest BCUT2D eigenvalue weighted by Gasteiger charge is -2.22. The van der Waals surface area contributed by atoms with E-state index in [1.807, 2.05) is 36.4 Å². The highest BCUT2D eigenvalue weighted by Gasteiger charge is 2.28. The molecule has 0 bridgehead atoms. The molecule has 1 aliphatic rings. The molecule has 5 rings (SSSR count). The van der Waals surface area contributed by atoms with E-state index in [0.717, 1.165) is 11.3 Å². The summed E-state index contributed by atoms with van der Waals surface area (Å²) >= 11 is 1.27. The quantitative estimate of drug-likeness (QED) is 0.363. The van der Waals surface area contributed by atoms with E-state index in [4.69, 9.17) is 0 Å². The van der Waals surface area contributed by atoms with Crippen LogP contribution in [0.25, 0.3) is 5.78 Å². The number of aromatic nitrogens is 4. The highest BCUT2D eigenvalue weighted by atomic mass is 32.2. The van der Waals surface area contributed by atoms with E-state index >= 15 is 0 Å². The SMILES string of the molecule is O=C(CSc1nc2nc3c(cn2n1)C(=O)CC(c1ccccc1)C3)c1ccccc1. The Morgan fingerprint density at radius 3 is 2.50 bits per heavy atom. The van der Waals surface area contributed by atoms with Crippen molar-refractivity contribution in [2.24, 2.45) is 0 Å². The Labute approximate surface area is 177 Å². The number of Topliss-reactive ketones (excluding diaryl/α,β-unsaturated/α-hetero) is 2. The lowest BCUT2D eigenvalue weighted by Crippen LogP contribution is -2.21. The normalized spacial score (nSPS) is 15.9. The fourth-order valence-corrected chi connectivity index (χ4v) is 4.44. The predicted octanol–water partition coefficient (Wildman–Crippen LogP) is 4.01. The molecule has 0 fully saturated rings. The topological polar surface area (TPSA) is 77.2 Å². The maximum atomic E-state index is 12.7. The first-order valence-corrected chi connectivity index (χ1v) is 10.7. The molecule has 30 heavy (non-hydrogen) atoms. The zero-order valence-corrected chi connectivity index (χ0v) is 16.9. The Balaban J connectivity index is 1.37. The molecule has 0 N–H and O–H groups in total. The van der Waals surface area contributed by atoms with Crippen molar-refractivity contribution in [3.63, 3.8) is 0 Å². The van der Waals surface area contributed by atoms with Gasteiger partial charge in [0.1, 0.15) is 0 Å². The number of thioether (sulfide) groups is 1. The average molecular weight is 414 g/mol. The Morgan fingerprint density at radius 1 is 1.00 bits per heavy atom. The second-order valence-corrected chi connectivity index (χ2v) is 8.20. The molecule has 0 amide bonds. The van der Waals surface area contributed by atoms with Gasteiger partial charge in [0.25, 0.3) is 5.78 Å². The molecule has 2 aromatic carbocycles. The van der Waals surface area contributed by atoms with Gasteiger partial charge in [-0.3, -0.25) is 9.59 Å². The van der Waals surface area contributed by atoms with Crippen LogP contribution in [0.1, 0.15) is 44.3 Å². The number of hydrogen-bond donors (Lipinski definition) is 0. The summed E-state index contributed by atoms with van der Waals surface area (Å²) in [6.45, 7) is 0. The number of ketones is 2. The summed E-state index contributed by atoms with van der Waals surface area (Å²) in [7, 11) is 0. The van der Waals surface area contributed by atoms with Crippen LogP contribution in [-0.4, -0.2) is 36.9 Å². The number of fused-ring (bicyclic) bond motifs is 2. The molecule has 7 heteroatoms. The third-order valence-corrected chi connectivity index (χ3v) is 6.10. The van der Waals surface area contributed by atoms with Crippen molar-refractivity contribution in [3.05, 3.63) is 89.2 Å². The van der Waals surface area contributed by atoms with Crippen molar-refractivity contribution in [3.8, 4) is 0 Å². The van der Waals surface area contributed by atoms with Crippen LogP contribution >= 0.6 is 11.8 Å². The number of hydrogen-bond acceptors (Lipinski definition) is 6. The van der Waals surface area contributed by atoms with Crippen LogP contribution < -0.4 is 0 Å². The minimum Gasteiger partial charge on any atom is -0.294 e. The van der Waals surface area contributed by atoms with Crippen molar-refractivity contribution in [1.29, 1.82) is 0 Å². The number of nitrogens with zero attached hydrogens (tertiary/aromatic N) is 4. The molecular weight excluding hydrogens is 396 g/mol. The second kappa shape index (κ2) is 7.84. The van der Waals surface area contributed by atoms with Crippen LogP contribution in [0.4, 0.5) is 0 Å². The van der Waals surface area contributed by atoms with Crippen molar-refractivity contribution in [1.82, 2.24) is 19.6 Å². The van der Waals surface area contributed by atoms with Crippen LogP contribution in [0.2, 0.25) is 0 Å². The standard InChI is InChI=1S/C23H18N4O2S/c28-20-12-17(15-7-3-1-4-8-15)11-19-18(20)13-27-22(24-19)25-23(26-27)30-14-21(29)16-9-5-2-6-10-16/h1-10,13,17H,11-12,14H2. The molecule has 2 aromatic heterocycles. The van der Waals surface area contributed by atoms with Crippen molar-refractivity contribution < 1.29 is 9.59 Å². The summed E-state index contributed by atoms with van der Waals surface area (Å²) < 4.78 is 1.54. The highest BCUT2D eigenvalue weighted by molar-refractivity contribution is 7.99. The van der Waals surface area contributed by atoms with Gasteiger partial charge in [-0.2, -0.15) is 4.98 Å². The largest absolute Gasteiger partial charge is 0.294 e. The first-order chi connectivity index (χ1) is 14.7. The summed E-state index contributed by atoms with van der Waals surface area (Å²) in [4.78, 5) is 34.1. The third-order valence-electron chi connectivity index (χ3n) is 5.26. The number of carbonyl (C=O) groups excluding carboxylic acids is 2. The Kier molecular flexibility index (Phi) is 4.88. The number of rotatable bonds is 5. The Hall–Kier alpha value is -3.32. The fraction of sp³-hybridized carbons (Fsp3) is 0.174. The molecule has 1 atom stereocenters. The van der Waals surface area contributed by atoms with E-state index < -0.39 is 0 Å². The Bertz CT molecular complexity index is 1240. The molecule has 1 aliphatic carbocycles. The fourth-order valence-electron chi connectivity index (χ4n) is 3.72. The maximum absolute atomic E-state index is 12.7. The minimum atomic E-state index is 0.0209. The molecule has 0 saturated carbocycles. The van der Waals surface area contributed by atoms with Gasteiger partial charge in [0.15, 0.2) is 11.6 Å². The van der Waals surface area contributed by atoms with E-state index in [-0.39, 0.29) is 23.2 Å². The third kappa shape index (κ3) is 3.64. The predicted molar refractivity (Wildman–Crippen MR) is 114 cm³/mol. The molecule has 4 aromatic rings. The molecule has 1 unspecified atom stereocenters. The molecule has 0 radical (unpaired) electrons. The zero-order chi connectivity index (χ0) is 20.5. The van der Waals surface area contributed by atoms with Crippen molar-refractivity contribution in [2.75, 3.05) is 5.75 Å². The van der Waals surface area contributed by atoms with Crippen LogP contribution in [0, 0.1) is 0 Å². The molecule has 0 spiro atoms. The summed E-state index contributed by atoms with van der Waals surface area (Å²) in [6.07, 6.45) is 2.88. The van der Waals surface area contributed by atoms with E-state index in [0.29, 0.717) is 34.9 Å². The first-order valence-electron chi connectivity index (χ1n) is 9.73. The van der Waals surface area contributed by atoms with Gasteiger partial charge in [-0.1, -0.05) is 72.4 Å². The second-order valence-electron chi connectivity index (χ2n) is 7.26. The van der Waals surface area contributed by atoms with Gasteiger partial charge in [-0.15, -0.1) is 5.10 Å². The summed E-state index contributed by atoms with van der Waals surface area (Å²) in [6, 6.07) is 19.2. The van der Waals surface area contributed by atoms with E-state index in [1.54, 1.807) is 18.3 Å². The lowest BCUT2D eigenvalue weighted by molar-refractivity contribution is 0.0961. The average Bonchev–Trinajstić information content (AvgIpc) is 3.19. The zero-order valence-electron chi connectivity index (χ0n) is 16.1. The van der Waals surface area contributed by atoms with Gasteiger partial charge < -0.3 is 0 Å². The highest BCUT2D eigenvalue weighted by Crippen LogP contribution is 2.32. The van der Waals surface area contributed by atoms with Crippen molar-refractivity contribution in [2.45, 2.75) is 23.9 Å². The smallest absolute Gasteiger partial charge is 0.253 e. The van der Waals surface area contributed by atoms with Gasteiger partial charge >= 0.3 is 0 Å². The molecule has 0 aliphatic heterocycles. The van der Waals surface area contributed by atoms with Gasteiger partial charge in [-0.25, -0.2) is 9.50 Å². The van der Waals surface area contributed by atoms with Gasteiger partial charge in [0.2, 0.25) is 5.16 Å². The van der Waals surface area contributed by atoms with Gasteiger partial charge in [0.05, 0.1) is 17.0 Å². The van der Waals surface area contributed by atoms with E-state index in [9.17, 15) is 9.59 Å². The Morgan fingerprint density at radius 2 is 1.73 bits per heavy atom. The molecule has 6 nitrogen and oxygen atoms in total. The van der Waals surface area contributed by atoms with E-state index in [2.05, 4.69) is 27.2 Å². The summed E-state index contributed by atoms with van der Waals surface area (Å²) in [5.74, 6) is 0.915. The number of benzene rings is 2. The van der Waals surface area contributed by atoms with Gasteiger partial charge in [0, 0.05) is 18.2 Å². The monoisotopic (exact) mass is 414 g/mol. The van der Waals surface area contributed by atoms with Crippen molar-refractivity contribution >= 4 is 29.1 Å². The van der Waals surface area contributed by atoms with Crippen LogP contribution in [0.5, 0.6) is 0 Å². The first kappa shape index (κ1) is 18.7.